The molecule has 0 saturated heterocycles. The summed E-state index contributed by atoms with van der Waals surface area (Å²) >= 11 is 8.08. The topological polar surface area (TPSA) is 66.4 Å². The maximum Gasteiger partial charge on any atom is 0.328 e. The number of anilines is 1. The van der Waals surface area contributed by atoms with Crippen molar-refractivity contribution in [3.63, 3.8) is 0 Å². The largest absolute Gasteiger partial charge is 0.478 e. The summed E-state index contributed by atoms with van der Waals surface area (Å²) in [5.41, 5.74) is 1.83. The minimum absolute atomic E-state index is 0.233. The normalized spacial score (nSPS) is 10.8. The predicted octanol–water partition coefficient (Wildman–Crippen LogP) is 4.62. The first-order valence-electron chi connectivity index (χ1n) is 5.73. The number of halogens is 2. The van der Waals surface area contributed by atoms with Crippen LogP contribution >= 0.6 is 43.2 Å². The lowest BCUT2D eigenvalue weighted by Crippen LogP contribution is -2.11. The zero-order chi connectivity index (χ0) is 15.4. The monoisotopic (exact) mass is 429 g/mol. The highest BCUT2D eigenvalue weighted by Crippen LogP contribution is 2.32. The molecule has 0 fully saturated rings. The third-order valence-corrected chi connectivity index (χ3v) is 4.80. The van der Waals surface area contributed by atoms with Gasteiger partial charge in [0.25, 0.3) is 5.91 Å². The van der Waals surface area contributed by atoms with Gasteiger partial charge in [0.2, 0.25) is 0 Å². The van der Waals surface area contributed by atoms with E-state index in [0.717, 1.165) is 13.6 Å². The third kappa shape index (κ3) is 4.52. The summed E-state index contributed by atoms with van der Waals surface area (Å²) in [5, 5.41) is 11.4. The summed E-state index contributed by atoms with van der Waals surface area (Å²) in [6.45, 7) is 0. The number of benzene rings is 1. The van der Waals surface area contributed by atoms with Gasteiger partial charge in [0.15, 0.2) is 0 Å². The van der Waals surface area contributed by atoms with Crippen LogP contribution in [0.3, 0.4) is 0 Å². The zero-order valence-corrected chi connectivity index (χ0v) is 14.5. The van der Waals surface area contributed by atoms with Crippen LogP contribution in [0.5, 0.6) is 0 Å². The molecule has 0 unspecified atom stereocenters. The molecule has 2 N–H and O–H groups in total. The van der Waals surface area contributed by atoms with Gasteiger partial charge in [-0.2, -0.15) is 0 Å². The molecule has 0 spiro atoms. The third-order valence-electron chi connectivity index (χ3n) is 2.46. The number of carbonyl (C=O) groups excluding carboxylic acids is 1. The van der Waals surface area contributed by atoms with Crippen LogP contribution in [0.25, 0.3) is 6.08 Å². The van der Waals surface area contributed by atoms with E-state index in [-0.39, 0.29) is 5.91 Å². The second-order valence-corrected chi connectivity index (χ2v) is 7.74. The lowest BCUT2D eigenvalue weighted by molar-refractivity contribution is -0.131. The Labute approximate surface area is 141 Å². The molecule has 0 atom stereocenters. The van der Waals surface area contributed by atoms with Gasteiger partial charge in [0, 0.05) is 11.8 Å². The van der Waals surface area contributed by atoms with Crippen LogP contribution < -0.4 is 5.32 Å². The first kappa shape index (κ1) is 15.9. The van der Waals surface area contributed by atoms with Gasteiger partial charge in [-0.1, -0.05) is 12.1 Å². The summed E-state index contributed by atoms with van der Waals surface area (Å²) in [4.78, 5) is 22.7. The van der Waals surface area contributed by atoms with E-state index in [2.05, 4.69) is 37.2 Å². The van der Waals surface area contributed by atoms with E-state index in [0.29, 0.717) is 16.8 Å². The standard InChI is InChI=1S/C14H9Br2NO3S/c15-11-7-10(13(16)21-11)14(20)17-9-3-1-2-8(6-9)4-5-12(18)19/h1-7H,(H,17,20)(H,18,19)/b5-4+. The van der Waals surface area contributed by atoms with E-state index < -0.39 is 5.97 Å². The first-order chi connectivity index (χ1) is 9.95. The average molecular weight is 431 g/mol. The fraction of sp³-hybridized carbons (Fsp3) is 0. The number of carboxylic acid groups (broad SMARTS) is 1. The highest BCUT2D eigenvalue weighted by atomic mass is 79.9. The van der Waals surface area contributed by atoms with Gasteiger partial charge in [-0.05, 0) is 61.7 Å². The molecule has 7 heteroatoms. The molecule has 2 aromatic rings. The number of carbonyl (C=O) groups is 2. The fourth-order valence-corrected chi connectivity index (χ4v) is 4.37. The zero-order valence-electron chi connectivity index (χ0n) is 10.5. The molecule has 1 aromatic heterocycles. The molecule has 2 rings (SSSR count). The van der Waals surface area contributed by atoms with E-state index in [4.69, 9.17) is 5.11 Å². The summed E-state index contributed by atoms with van der Waals surface area (Å²) in [5.74, 6) is -1.25. The molecule has 0 saturated carbocycles. The van der Waals surface area contributed by atoms with E-state index in [1.165, 1.54) is 17.4 Å². The average Bonchev–Trinajstić information content (AvgIpc) is 2.76. The molecule has 108 valence electrons. The maximum absolute atomic E-state index is 12.2. The summed E-state index contributed by atoms with van der Waals surface area (Å²) in [6, 6.07) is 8.68. The number of hydrogen-bond donors (Lipinski definition) is 2. The van der Waals surface area contributed by atoms with Gasteiger partial charge >= 0.3 is 5.97 Å². The van der Waals surface area contributed by atoms with E-state index in [1.54, 1.807) is 30.3 Å². The fourth-order valence-electron chi connectivity index (χ4n) is 1.58. The van der Waals surface area contributed by atoms with Crippen LogP contribution in [0.1, 0.15) is 15.9 Å². The van der Waals surface area contributed by atoms with E-state index >= 15 is 0 Å². The minimum atomic E-state index is -1.02. The van der Waals surface area contributed by atoms with Gasteiger partial charge in [-0.15, -0.1) is 11.3 Å². The summed E-state index contributed by atoms with van der Waals surface area (Å²) < 4.78 is 1.60. The number of rotatable bonds is 4. The van der Waals surface area contributed by atoms with Crippen molar-refractivity contribution in [2.75, 3.05) is 5.32 Å². The number of nitrogens with one attached hydrogen (secondary N) is 1. The Morgan fingerprint density at radius 2 is 2.00 bits per heavy atom. The second-order valence-electron chi connectivity index (χ2n) is 3.99. The number of aliphatic carboxylic acids is 1. The minimum Gasteiger partial charge on any atom is -0.478 e. The van der Waals surface area contributed by atoms with Gasteiger partial charge in [0.1, 0.15) is 0 Å². The highest BCUT2D eigenvalue weighted by molar-refractivity contribution is 9.12. The molecule has 0 radical (unpaired) electrons. The Balaban J connectivity index is 2.16. The van der Waals surface area contributed by atoms with Gasteiger partial charge < -0.3 is 10.4 Å². The lowest BCUT2D eigenvalue weighted by atomic mass is 10.2. The van der Waals surface area contributed by atoms with Crippen molar-refractivity contribution >= 4 is 66.8 Å². The molecule has 21 heavy (non-hydrogen) atoms. The van der Waals surface area contributed by atoms with Crippen molar-refractivity contribution in [2.45, 2.75) is 0 Å². The Hall–Kier alpha value is -1.44. The van der Waals surface area contributed by atoms with Crippen LogP contribution in [-0.4, -0.2) is 17.0 Å². The quantitative estimate of drug-likeness (QED) is 0.695. The highest BCUT2D eigenvalue weighted by Gasteiger charge is 2.13. The van der Waals surface area contributed by atoms with Crippen LogP contribution in [0, 0.1) is 0 Å². The number of thiophene rings is 1. The number of hydrogen-bond acceptors (Lipinski definition) is 3. The molecule has 1 amide bonds. The van der Waals surface area contributed by atoms with Crippen molar-refractivity contribution in [1.82, 2.24) is 0 Å². The number of carboxylic acids is 1. The summed E-state index contributed by atoms with van der Waals surface area (Å²) in [7, 11) is 0. The van der Waals surface area contributed by atoms with E-state index in [1.807, 2.05) is 0 Å². The molecule has 1 heterocycles. The van der Waals surface area contributed by atoms with Crippen molar-refractivity contribution < 1.29 is 14.7 Å². The van der Waals surface area contributed by atoms with Crippen LogP contribution in [0.15, 0.2) is 44.0 Å². The van der Waals surface area contributed by atoms with Crippen LogP contribution in [-0.2, 0) is 4.79 Å². The van der Waals surface area contributed by atoms with Crippen LogP contribution in [0.4, 0.5) is 5.69 Å². The van der Waals surface area contributed by atoms with Gasteiger partial charge in [-0.25, -0.2) is 4.79 Å². The SMILES string of the molecule is O=C(O)/C=C/c1cccc(NC(=O)c2cc(Br)sc2Br)c1. The lowest BCUT2D eigenvalue weighted by Gasteiger charge is -2.05. The molecule has 0 aliphatic heterocycles. The van der Waals surface area contributed by atoms with Crippen molar-refractivity contribution in [2.24, 2.45) is 0 Å². The summed E-state index contributed by atoms with van der Waals surface area (Å²) in [6.07, 6.45) is 2.52. The molecule has 0 bridgehead atoms. The molecule has 4 nitrogen and oxygen atoms in total. The van der Waals surface area contributed by atoms with Crippen molar-refractivity contribution in [3.8, 4) is 0 Å². The predicted molar refractivity (Wildman–Crippen MR) is 90.8 cm³/mol. The second kappa shape index (κ2) is 7.02. The molecular formula is C14H9Br2NO3S. The van der Waals surface area contributed by atoms with Crippen LogP contribution in [0.2, 0.25) is 0 Å². The molecule has 0 aliphatic carbocycles. The van der Waals surface area contributed by atoms with Crippen molar-refractivity contribution in [3.05, 3.63) is 55.1 Å². The Morgan fingerprint density at radius 3 is 2.62 bits per heavy atom. The Bertz CT molecular complexity index is 725. The van der Waals surface area contributed by atoms with Gasteiger partial charge in [-0.3, -0.25) is 4.79 Å². The molecule has 1 aromatic carbocycles. The Morgan fingerprint density at radius 1 is 1.24 bits per heavy atom. The Kier molecular flexibility index (Phi) is 5.33. The van der Waals surface area contributed by atoms with Crippen molar-refractivity contribution in [1.29, 1.82) is 0 Å². The molecule has 0 aliphatic rings. The first-order valence-corrected chi connectivity index (χ1v) is 8.13. The number of amides is 1. The van der Waals surface area contributed by atoms with E-state index in [9.17, 15) is 9.59 Å². The molecular weight excluding hydrogens is 422 g/mol. The smallest absolute Gasteiger partial charge is 0.328 e. The van der Waals surface area contributed by atoms with Gasteiger partial charge in [0.05, 0.1) is 13.1 Å². The maximum atomic E-state index is 12.2.